The summed E-state index contributed by atoms with van der Waals surface area (Å²) in [5.74, 6) is -1.31. The van der Waals surface area contributed by atoms with Crippen LogP contribution in [0.4, 0.5) is 13.2 Å². The Morgan fingerprint density at radius 3 is 2.43 bits per heavy atom. The molecule has 2 aromatic heterocycles. The number of rotatable bonds is 7. The number of benzene rings is 3. The number of fused-ring (bicyclic) bond motifs is 1. The summed E-state index contributed by atoms with van der Waals surface area (Å²) >= 11 is 0. The lowest BCUT2D eigenvalue weighted by molar-refractivity contribution is -0.286. The fourth-order valence-electron chi connectivity index (χ4n) is 5.32. The molecule has 3 heterocycles. The number of aromatic nitrogens is 3. The predicted molar refractivity (Wildman–Crippen MR) is 159 cm³/mol. The molecule has 5 aromatic rings. The summed E-state index contributed by atoms with van der Waals surface area (Å²) in [4.78, 5) is 4.17. The second kappa shape index (κ2) is 11.0. The summed E-state index contributed by atoms with van der Waals surface area (Å²) in [6.45, 7) is 2.50. The van der Waals surface area contributed by atoms with Gasteiger partial charge in [-0.25, -0.2) is 17.8 Å². The number of hydrogen-bond donors (Lipinski definition) is 1. The largest absolute Gasteiger partial charge is 0.586 e. The number of halogens is 3. The molecule has 0 saturated heterocycles. The Morgan fingerprint density at radius 1 is 1.02 bits per heavy atom. The molecule has 14 heteroatoms. The van der Waals surface area contributed by atoms with Gasteiger partial charge in [0.1, 0.15) is 11.5 Å². The van der Waals surface area contributed by atoms with Gasteiger partial charge in [0.25, 0.3) is 0 Å². The maximum Gasteiger partial charge on any atom is 0.586 e. The molecule has 1 aliphatic rings. The zero-order valence-electron chi connectivity index (χ0n) is 24.8. The van der Waals surface area contributed by atoms with Crippen LogP contribution >= 0.6 is 0 Å². The van der Waals surface area contributed by atoms with Crippen molar-refractivity contribution in [3.05, 3.63) is 77.6 Å². The predicted octanol–water partition coefficient (Wildman–Crippen LogP) is 6.37. The average molecular weight is 651 g/mol. The molecule has 0 saturated carbocycles. The Morgan fingerprint density at radius 2 is 1.74 bits per heavy atom. The first-order chi connectivity index (χ1) is 21.7. The fraction of sp³-hybridized carbons (Fsp3) is 0.219. The second-order valence-electron chi connectivity index (χ2n) is 10.8. The Hall–Kier alpha value is -5.13. The minimum absolute atomic E-state index is 0.151. The first-order valence-corrected chi connectivity index (χ1v) is 15.7. The number of ether oxygens (including phenoxy) is 2. The molecule has 46 heavy (non-hydrogen) atoms. The van der Waals surface area contributed by atoms with Gasteiger partial charge in [0.15, 0.2) is 33.0 Å². The van der Waals surface area contributed by atoms with Gasteiger partial charge in [-0.05, 0) is 60.5 Å². The highest BCUT2D eigenvalue weighted by Crippen LogP contribution is 2.46. The smallest absolute Gasteiger partial charge is 0.440 e. The van der Waals surface area contributed by atoms with E-state index < -0.39 is 34.5 Å². The number of nitrogens with zero attached hydrogens (tertiary/aromatic N) is 4. The maximum atomic E-state index is 15.1. The highest BCUT2D eigenvalue weighted by molar-refractivity contribution is 7.90. The molecule has 1 unspecified atom stereocenters. The summed E-state index contributed by atoms with van der Waals surface area (Å²) in [6, 6.07) is 15.5. The molecule has 0 amide bonds. The Bertz CT molecular complexity index is 2190. The number of sulfone groups is 1. The van der Waals surface area contributed by atoms with Gasteiger partial charge < -0.3 is 19.0 Å². The van der Waals surface area contributed by atoms with Crippen molar-refractivity contribution in [2.75, 3.05) is 6.26 Å². The molecule has 6 rings (SSSR count). The van der Waals surface area contributed by atoms with Crippen LogP contribution in [0.5, 0.6) is 11.5 Å². The highest BCUT2D eigenvalue weighted by atomic mass is 32.2. The lowest BCUT2D eigenvalue weighted by atomic mass is 9.93. The van der Waals surface area contributed by atoms with Crippen molar-refractivity contribution >= 4 is 9.84 Å². The lowest BCUT2D eigenvalue weighted by Gasteiger charge is -2.14. The van der Waals surface area contributed by atoms with Crippen molar-refractivity contribution in [3.8, 4) is 62.5 Å². The van der Waals surface area contributed by atoms with E-state index in [4.69, 9.17) is 4.42 Å². The third-order valence-electron chi connectivity index (χ3n) is 7.53. The first-order valence-electron chi connectivity index (χ1n) is 13.8. The van der Waals surface area contributed by atoms with E-state index in [0.29, 0.717) is 33.6 Å². The van der Waals surface area contributed by atoms with Gasteiger partial charge in [-0.1, -0.05) is 12.1 Å². The van der Waals surface area contributed by atoms with Gasteiger partial charge in [-0.3, -0.25) is 4.68 Å². The van der Waals surface area contributed by atoms with Crippen molar-refractivity contribution in [1.29, 1.82) is 5.26 Å². The number of hydrogen-bond acceptors (Lipinski definition) is 9. The second-order valence-corrected chi connectivity index (χ2v) is 12.8. The third-order valence-corrected chi connectivity index (χ3v) is 8.69. The van der Waals surface area contributed by atoms with Crippen LogP contribution in [-0.2, 0) is 23.5 Å². The van der Waals surface area contributed by atoms with Crippen LogP contribution in [0, 0.1) is 24.1 Å². The van der Waals surface area contributed by atoms with Crippen LogP contribution in [0.1, 0.15) is 30.0 Å². The molecule has 0 spiro atoms. The van der Waals surface area contributed by atoms with Gasteiger partial charge in [0.05, 0.1) is 34.9 Å². The lowest BCUT2D eigenvalue weighted by Crippen LogP contribution is -2.25. The van der Waals surface area contributed by atoms with Gasteiger partial charge in [-0.2, -0.15) is 10.4 Å². The van der Waals surface area contributed by atoms with Crippen molar-refractivity contribution in [2.24, 2.45) is 7.05 Å². The quantitative estimate of drug-likeness (QED) is 0.213. The zero-order chi connectivity index (χ0) is 33.1. The van der Waals surface area contributed by atoms with E-state index in [1.165, 1.54) is 24.3 Å². The summed E-state index contributed by atoms with van der Waals surface area (Å²) < 4.78 is 84.6. The third kappa shape index (κ3) is 5.48. The molecule has 10 nitrogen and oxygen atoms in total. The standard InChI is InChI=1S/C32H25F3N4O6S/c1-16(14-36)25-13-26(39(3)38-25)21-7-5-18(20-10-24(33)23(15-40)29(12-20)46(4,41)42)9-22(21)31-30(37-17(2)43-31)19-6-8-27-28(11-19)45-32(34,35)44-27/h5-13,16,40H,15H2,1-4H3. The average Bonchev–Trinajstić information content (AvgIpc) is 3.67. The van der Waals surface area contributed by atoms with Crippen molar-refractivity contribution in [2.45, 2.75) is 37.6 Å². The minimum Gasteiger partial charge on any atom is -0.440 e. The van der Waals surface area contributed by atoms with Crippen LogP contribution in [0.3, 0.4) is 0 Å². The Balaban J connectivity index is 1.59. The SMILES string of the molecule is Cc1nc(-c2ccc3c(c2)OC(F)(F)O3)c(-c2cc(-c3cc(F)c(CO)c(S(C)(=O)=O)c3)ccc2-c2cc(C(C)C#N)nn2C)o1. The monoisotopic (exact) mass is 650 g/mol. The number of aliphatic hydroxyl groups is 1. The molecular weight excluding hydrogens is 625 g/mol. The number of aliphatic hydroxyl groups excluding tert-OH is 1. The number of alkyl halides is 2. The van der Waals surface area contributed by atoms with E-state index in [1.807, 2.05) is 0 Å². The van der Waals surface area contributed by atoms with E-state index in [2.05, 4.69) is 25.6 Å². The Kier molecular flexibility index (Phi) is 7.41. The molecule has 1 N–H and O–H groups in total. The molecule has 0 bridgehead atoms. The van der Waals surface area contributed by atoms with Crippen LogP contribution in [-0.4, -0.2) is 40.8 Å². The van der Waals surface area contributed by atoms with Crippen LogP contribution in [0.2, 0.25) is 0 Å². The highest BCUT2D eigenvalue weighted by Gasteiger charge is 2.43. The molecule has 1 atom stereocenters. The van der Waals surface area contributed by atoms with Crippen LogP contribution in [0.15, 0.2) is 63.9 Å². The molecule has 1 aliphatic heterocycles. The molecular formula is C32H25F3N4O6S. The van der Waals surface area contributed by atoms with E-state index in [1.54, 1.807) is 49.8 Å². The molecule has 0 fully saturated rings. The van der Waals surface area contributed by atoms with E-state index in [0.717, 1.165) is 12.3 Å². The molecule has 0 aliphatic carbocycles. The van der Waals surface area contributed by atoms with Gasteiger partial charge >= 0.3 is 6.29 Å². The Labute approximate surface area is 261 Å². The normalized spacial score (nSPS) is 14.3. The van der Waals surface area contributed by atoms with Crippen molar-refractivity contribution < 1.29 is 40.6 Å². The van der Waals surface area contributed by atoms with Gasteiger partial charge in [0.2, 0.25) is 0 Å². The summed E-state index contributed by atoms with van der Waals surface area (Å²) in [7, 11) is -2.22. The molecule has 236 valence electrons. The number of nitriles is 1. The number of aryl methyl sites for hydroxylation is 2. The number of oxazole rings is 1. The summed E-state index contributed by atoms with van der Waals surface area (Å²) in [5, 5.41) is 23.6. The van der Waals surface area contributed by atoms with Gasteiger partial charge in [0, 0.05) is 42.5 Å². The topological polar surface area (TPSA) is 140 Å². The van der Waals surface area contributed by atoms with E-state index >= 15 is 4.39 Å². The van der Waals surface area contributed by atoms with E-state index in [9.17, 15) is 27.6 Å². The van der Waals surface area contributed by atoms with Crippen molar-refractivity contribution in [3.63, 3.8) is 0 Å². The molecule has 3 aromatic carbocycles. The summed E-state index contributed by atoms with van der Waals surface area (Å²) in [6.07, 6.45) is -2.90. The minimum atomic E-state index is -3.92. The maximum absolute atomic E-state index is 15.1. The molecule has 0 radical (unpaired) electrons. The fourth-order valence-corrected chi connectivity index (χ4v) is 6.27. The zero-order valence-corrected chi connectivity index (χ0v) is 25.6. The van der Waals surface area contributed by atoms with E-state index in [-0.39, 0.29) is 44.9 Å². The summed E-state index contributed by atoms with van der Waals surface area (Å²) in [5.41, 5.74) is 2.97. The van der Waals surface area contributed by atoms with Gasteiger partial charge in [-0.15, -0.1) is 8.78 Å². The van der Waals surface area contributed by atoms with Crippen molar-refractivity contribution in [1.82, 2.24) is 14.8 Å². The van der Waals surface area contributed by atoms with Crippen LogP contribution < -0.4 is 9.47 Å². The first kappa shape index (κ1) is 30.9. The van der Waals surface area contributed by atoms with Crippen LogP contribution in [0.25, 0.3) is 45.0 Å².